The first-order valence-electron chi connectivity index (χ1n) is 7.23. The predicted octanol–water partition coefficient (Wildman–Crippen LogP) is 1.53. The largest absolute Gasteiger partial charge is 0.469 e. The Morgan fingerprint density at radius 1 is 1.24 bits per heavy atom. The Hall–Kier alpha value is -2.04. The quantitative estimate of drug-likeness (QED) is 0.789. The van der Waals surface area contributed by atoms with Crippen molar-refractivity contribution in [3.63, 3.8) is 0 Å². The van der Waals surface area contributed by atoms with E-state index in [2.05, 4.69) is 0 Å². The average Bonchev–Trinajstić information content (AvgIpc) is 2.55. The first-order valence-corrected chi connectivity index (χ1v) is 7.23. The van der Waals surface area contributed by atoms with Gasteiger partial charge in [0.15, 0.2) is 0 Å². The van der Waals surface area contributed by atoms with Crippen LogP contribution in [0.3, 0.4) is 0 Å². The van der Waals surface area contributed by atoms with Gasteiger partial charge in [-0.15, -0.1) is 0 Å². The fraction of sp³-hybridized carbons (Fsp3) is 0.500. The maximum absolute atomic E-state index is 12.3. The molecule has 1 aliphatic heterocycles. The summed E-state index contributed by atoms with van der Waals surface area (Å²) in [7, 11) is 3.32. The van der Waals surface area contributed by atoms with Gasteiger partial charge in [-0.25, -0.2) is 0 Å². The minimum atomic E-state index is -0.163. The van der Waals surface area contributed by atoms with E-state index >= 15 is 0 Å². The molecule has 1 aromatic carbocycles. The molecule has 0 spiro atoms. The zero-order valence-electron chi connectivity index (χ0n) is 12.6. The second-order valence-electron chi connectivity index (χ2n) is 5.37. The van der Waals surface area contributed by atoms with Crippen LogP contribution in [0.1, 0.15) is 12.8 Å². The molecule has 0 bridgehead atoms. The lowest BCUT2D eigenvalue weighted by Gasteiger charge is -2.32. The summed E-state index contributed by atoms with van der Waals surface area (Å²) in [5, 5.41) is 0. The fourth-order valence-electron chi connectivity index (χ4n) is 2.61. The molecular weight excluding hydrogens is 268 g/mol. The summed E-state index contributed by atoms with van der Waals surface area (Å²) in [4.78, 5) is 27.5. The van der Waals surface area contributed by atoms with Gasteiger partial charge < -0.3 is 14.5 Å². The number of hydrogen-bond donors (Lipinski definition) is 0. The molecule has 0 unspecified atom stereocenters. The molecule has 21 heavy (non-hydrogen) atoms. The Balaban J connectivity index is 1.84. The Labute approximate surface area is 125 Å². The second-order valence-corrected chi connectivity index (χ2v) is 5.37. The number of carbonyl (C=O) groups excluding carboxylic acids is 2. The molecule has 2 rings (SSSR count). The third-order valence-corrected chi connectivity index (χ3v) is 3.95. The highest BCUT2D eigenvalue weighted by molar-refractivity contribution is 5.82. The highest BCUT2D eigenvalue weighted by Gasteiger charge is 2.28. The van der Waals surface area contributed by atoms with E-state index in [9.17, 15) is 9.59 Å². The molecule has 1 saturated heterocycles. The van der Waals surface area contributed by atoms with E-state index in [1.54, 1.807) is 0 Å². The minimum absolute atomic E-state index is 0.0640. The first kappa shape index (κ1) is 15.4. The van der Waals surface area contributed by atoms with Crippen molar-refractivity contribution in [3.05, 3.63) is 30.3 Å². The molecule has 5 nitrogen and oxygen atoms in total. The number of likely N-dealkylation sites (N-methyl/N-ethyl adjacent to an activating group) is 1. The number of benzene rings is 1. The molecule has 0 aromatic heterocycles. The predicted molar refractivity (Wildman–Crippen MR) is 81.0 cm³/mol. The maximum Gasteiger partial charge on any atom is 0.308 e. The van der Waals surface area contributed by atoms with Crippen molar-refractivity contribution in [2.24, 2.45) is 5.92 Å². The molecule has 1 aromatic rings. The number of rotatable bonds is 4. The molecule has 1 fully saturated rings. The zero-order chi connectivity index (χ0) is 15.2. The monoisotopic (exact) mass is 290 g/mol. The van der Waals surface area contributed by atoms with E-state index in [0.717, 1.165) is 5.69 Å². The molecule has 1 aliphatic rings. The van der Waals surface area contributed by atoms with Gasteiger partial charge in [-0.3, -0.25) is 9.59 Å². The Morgan fingerprint density at radius 3 is 2.43 bits per heavy atom. The lowest BCUT2D eigenvalue weighted by molar-refractivity contribution is -0.148. The van der Waals surface area contributed by atoms with Gasteiger partial charge in [0.2, 0.25) is 5.91 Å². The number of anilines is 1. The third-order valence-electron chi connectivity index (χ3n) is 3.95. The average molecular weight is 290 g/mol. The summed E-state index contributed by atoms with van der Waals surface area (Å²) in [5.74, 6) is -0.126. The maximum atomic E-state index is 12.3. The molecule has 0 radical (unpaired) electrons. The zero-order valence-corrected chi connectivity index (χ0v) is 12.6. The van der Waals surface area contributed by atoms with Gasteiger partial charge in [0.1, 0.15) is 0 Å². The van der Waals surface area contributed by atoms with Crippen LogP contribution in [0.4, 0.5) is 5.69 Å². The van der Waals surface area contributed by atoms with Crippen LogP contribution < -0.4 is 4.90 Å². The van der Waals surface area contributed by atoms with E-state index in [-0.39, 0.29) is 17.8 Å². The summed E-state index contributed by atoms with van der Waals surface area (Å²) in [6.45, 7) is 1.61. The fourth-order valence-corrected chi connectivity index (χ4v) is 2.61. The van der Waals surface area contributed by atoms with Gasteiger partial charge in [0.25, 0.3) is 0 Å². The molecule has 114 valence electrons. The number of hydrogen-bond acceptors (Lipinski definition) is 4. The van der Waals surface area contributed by atoms with Crippen molar-refractivity contribution in [3.8, 4) is 0 Å². The van der Waals surface area contributed by atoms with Gasteiger partial charge in [0.05, 0.1) is 19.6 Å². The number of carbonyl (C=O) groups is 2. The summed E-state index contributed by atoms with van der Waals surface area (Å²) in [6.07, 6.45) is 1.38. The van der Waals surface area contributed by atoms with E-state index < -0.39 is 0 Å². The normalized spacial score (nSPS) is 15.6. The number of ether oxygens (including phenoxy) is 1. The molecule has 5 heteroatoms. The number of amides is 1. The van der Waals surface area contributed by atoms with E-state index in [1.807, 2.05) is 47.2 Å². The van der Waals surface area contributed by atoms with Crippen LogP contribution in [0.15, 0.2) is 30.3 Å². The molecule has 1 heterocycles. The van der Waals surface area contributed by atoms with Crippen molar-refractivity contribution < 1.29 is 14.3 Å². The smallest absolute Gasteiger partial charge is 0.308 e. The van der Waals surface area contributed by atoms with Gasteiger partial charge in [-0.2, -0.15) is 0 Å². The Kier molecular flexibility index (Phi) is 5.20. The van der Waals surface area contributed by atoms with Crippen molar-refractivity contribution in [2.75, 3.05) is 38.7 Å². The van der Waals surface area contributed by atoms with E-state index in [0.29, 0.717) is 32.5 Å². The first-order chi connectivity index (χ1) is 10.1. The Morgan fingerprint density at radius 2 is 1.86 bits per heavy atom. The van der Waals surface area contributed by atoms with Crippen LogP contribution in [0.25, 0.3) is 0 Å². The highest BCUT2D eigenvalue weighted by Crippen LogP contribution is 2.19. The molecule has 0 saturated carbocycles. The van der Waals surface area contributed by atoms with Crippen LogP contribution in [0.2, 0.25) is 0 Å². The highest BCUT2D eigenvalue weighted by atomic mass is 16.5. The third kappa shape index (κ3) is 3.97. The van der Waals surface area contributed by atoms with Gasteiger partial charge >= 0.3 is 5.97 Å². The van der Waals surface area contributed by atoms with Crippen LogP contribution in [-0.4, -0.2) is 50.6 Å². The number of methoxy groups -OCH3 is 1. The van der Waals surface area contributed by atoms with Crippen LogP contribution in [0.5, 0.6) is 0 Å². The van der Waals surface area contributed by atoms with Crippen molar-refractivity contribution >= 4 is 17.6 Å². The number of esters is 1. The minimum Gasteiger partial charge on any atom is -0.469 e. The molecule has 1 amide bonds. The van der Waals surface area contributed by atoms with Gasteiger partial charge in [-0.1, -0.05) is 18.2 Å². The molecule has 0 atom stereocenters. The Bertz CT molecular complexity index is 482. The number of likely N-dealkylation sites (tertiary alicyclic amines) is 1. The summed E-state index contributed by atoms with van der Waals surface area (Å²) in [5.41, 5.74) is 1.02. The summed E-state index contributed by atoms with van der Waals surface area (Å²) >= 11 is 0. The summed E-state index contributed by atoms with van der Waals surface area (Å²) < 4.78 is 4.76. The van der Waals surface area contributed by atoms with Crippen molar-refractivity contribution in [1.29, 1.82) is 0 Å². The van der Waals surface area contributed by atoms with Gasteiger partial charge in [0, 0.05) is 25.8 Å². The molecular formula is C16H22N2O3. The topological polar surface area (TPSA) is 49.9 Å². The number of nitrogens with zero attached hydrogens (tertiary/aromatic N) is 2. The van der Waals surface area contributed by atoms with E-state index in [1.165, 1.54) is 7.11 Å². The number of piperidine rings is 1. The lowest BCUT2D eigenvalue weighted by Crippen LogP contribution is -2.44. The van der Waals surface area contributed by atoms with Crippen molar-refractivity contribution in [1.82, 2.24) is 4.90 Å². The second kappa shape index (κ2) is 7.11. The van der Waals surface area contributed by atoms with E-state index in [4.69, 9.17) is 4.74 Å². The van der Waals surface area contributed by atoms with Crippen LogP contribution in [-0.2, 0) is 14.3 Å². The van der Waals surface area contributed by atoms with Gasteiger partial charge in [-0.05, 0) is 25.0 Å². The lowest BCUT2D eigenvalue weighted by atomic mass is 9.97. The SMILES string of the molecule is COC(=O)C1CCN(C(=O)CN(C)c2ccccc2)CC1. The van der Waals surface area contributed by atoms with Crippen LogP contribution in [0, 0.1) is 5.92 Å². The standard InChI is InChI=1S/C16H22N2O3/c1-17(14-6-4-3-5-7-14)12-15(19)18-10-8-13(9-11-18)16(20)21-2/h3-7,13H,8-12H2,1-2H3. The number of para-hydroxylation sites is 1. The molecule has 0 aliphatic carbocycles. The molecule has 0 N–H and O–H groups in total. The summed E-state index contributed by atoms with van der Waals surface area (Å²) in [6, 6.07) is 9.83. The van der Waals surface area contributed by atoms with Crippen LogP contribution >= 0.6 is 0 Å². The van der Waals surface area contributed by atoms with Crippen molar-refractivity contribution in [2.45, 2.75) is 12.8 Å².